The van der Waals surface area contributed by atoms with E-state index in [1.54, 1.807) is 12.1 Å². The van der Waals surface area contributed by atoms with Crippen molar-refractivity contribution in [2.45, 2.75) is 32.4 Å². The van der Waals surface area contributed by atoms with Crippen LogP contribution in [0.15, 0.2) is 24.3 Å². The third-order valence-electron chi connectivity index (χ3n) is 2.64. The van der Waals surface area contributed by atoms with Crippen LogP contribution in [0.1, 0.15) is 18.9 Å². The maximum atomic E-state index is 11.9. The fraction of sp³-hybridized carbons (Fsp3) is 0.462. The van der Waals surface area contributed by atoms with Gasteiger partial charge in [-0.3, -0.25) is 4.79 Å². The van der Waals surface area contributed by atoms with Crippen LogP contribution in [-0.4, -0.2) is 25.1 Å². The second-order valence-corrected chi connectivity index (χ2v) is 4.08. The minimum absolute atomic E-state index is 0.121. The summed E-state index contributed by atoms with van der Waals surface area (Å²) in [4.78, 5) is 11.4. The Bertz CT molecular complexity index is 396. The number of rotatable bonds is 7. The number of benzene rings is 1. The van der Waals surface area contributed by atoms with E-state index in [4.69, 9.17) is 5.73 Å². The molecule has 0 aliphatic rings. The molecule has 0 aliphatic heterocycles. The predicted octanol–water partition coefficient (Wildman–Crippen LogP) is 1.68. The summed E-state index contributed by atoms with van der Waals surface area (Å²) < 4.78 is 28.1. The molecule has 0 heterocycles. The van der Waals surface area contributed by atoms with Crippen LogP contribution in [0.5, 0.6) is 5.75 Å². The molecule has 3 N–H and O–H groups in total. The lowest BCUT2D eigenvalue weighted by molar-refractivity contribution is -0.122. The molecule has 0 aliphatic carbocycles. The summed E-state index contributed by atoms with van der Waals surface area (Å²) in [6, 6.07) is 5.83. The largest absolute Gasteiger partial charge is 0.435 e. The number of nitrogens with one attached hydrogen (secondary N) is 1. The zero-order valence-electron chi connectivity index (χ0n) is 10.7. The van der Waals surface area contributed by atoms with Gasteiger partial charge in [0.1, 0.15) is 5.75 Å². The van der Waals surface area contributed by atoms with Crippen molar-refractivity contribution in [3.63, 3.8) is 0 Å². The highest BCUT2D eigenvalue weighted by atomic mass is 19.3. The van der Waals surface area contributed by atoms with Gasteiger partial charge in [-0.1, -0.05) is 19.1 Å². The zero-order valence-corrected chi connectivity index (χ0v) is 10.7. The molecular formula is C13H18F2N2O2. The van der Waals surface area contributed by atoms with Gasteiger partial charge in [0.15, 0.2) is 0 Å². The van der Waals surface area contributed by atoms with Crippen LogP contribution in [0.25, 0.3) is 0 Å². The first-order valence-corrected chi connectivity index (χ1v) is 6.10. The van der Waals surface area contributed by atoms with E-state index in [0.29, 0.717) is 19.4 Å². The lowest BCUT2D eigenvalue weighted by atomic mass is 10.1. The van der Waals surface area contributed by atoms with Crippen LogP contribution in [-0.2, 0) is 11.2 Å². The quantitative estimate of drug-likeness (QED) is 0.793. The van der Waals surface area contributed by atoms with Crippen molar-refractivity contribution in [3.05, 3.63) is 29.8 Å². The normalized spacial score (nSPS) is 12.3. The number of nitrogens with two attached hydrogens (primary N) is 1. The molecule has 0 saturated heterocycles. The first-order chi connectivity index (χ1) is 9.02. The molecule has 0 radical (unpaired) electrons. The van der Waals surface area contributed by atoms with Crippen molar-refractivity contribution in [2.24, 2.45) is 5.73 Å². The van der Waals surface area contributed by atoms with Gasteiger partial charge in [0, 0.05) is 6.54 Å². The van der Waals surface area contributed by atoms with E-state index in [2.05, 4.69) is 10.1 Å². The summed E-state index contributed by atoms with van der Waals surface area (Å²) in [5, 5.41) is 2.71. The number of alkyl halides is 2. The van der Waals surface area contributed by atoms with Crippen molar-refractivity contribution < 1.29 is 18.3 Å². The molecule has 19 heavy (non-hydrogen) atoms. The van der Waals surface area contributed by atoms with Crippen molar-refractivity contribution in [1.29, 1.82) is 0 Å². The average Bonchev–Trinajstić information content (AvgIpc) is 2.39. The predicted molar refractivity (Wildman–Crippen MR) is 68.1 cm³/mol. The van der Waals surface area contributed by atoms with Crippen LogP contribution in [0, 0.1) is 0 Å². The highest BCUT2D eigenvalue weighted by molar-refractivity contribution is 5.81. The highest BCUT2D eigenvalue weighted by Crippen LogP contribution is 2.14. The summed E-state index contributed by atoms with van der Waals surface area (Å²) in [5.41, 5.74) is 6.49. The fourth-order valence-electron chi connectivity index (χ4n) is 1.48. The fourth-order valence-corrected chi connectivity index (χ4v) is 1.48. The molecule has 0 aromatic heterocycles. The molecule has 1 aromatic rings. The van der Waals surface area contributed by atoms with Crippen molar-refractivity contribution in [2.75, 3.05) is 6.54 Å². The SMILES string of the molecule is CCC(N)C(=O)NCCc1ccc(OC(F)F)cc1. The Kier molecular flexibility index (Phi) is 6.21. The van der Waals surface area contributed by atoms with Crippen LogP contribution in [0.4, 0.5) is 8.78 Å². The topological polar surface area (TPSA) is 64.4 Å². The smallest absolute Gasteiger partial charge is 0.387 e. The first kappa shape index (κ1) is 15.4. The highest BCUT2D eigenvalue weighted by Gasteiger charge is 2.09. The van der Waals surface area contributed by atoms with E-state index in [1.165, 1.54) is 12.1 Å². The minimum atomic E-state index is -2.82. The molecule has 1 amide bonds. The second kappa shape index (κ2) is 7.68. The van der Waals surface area contributed by atoms with Crippen molar-refractivity contribution in [3.8, 4) is 5.75 Å². The van der Waals surface area contributed by atoms with Gasteiger partial charge in [-0.25, -0.2) is 0 Å². The second-order valence-electron chi connectivity index (χ2n) is 4.08. The summed E-state index contributed by atoms with van der Waals surface area (Å²) >= 11 is 0. The molecule has 0 saturated carbocycles. The molecular weight excluding hydrogens is 254 g/mol. The maximum Gasteiger partial charge on any atom is 0.387 e. The molecule has 0 bridgehead atoms. The van der Waals surface area contributed by atoms with Crippen LogP contribution in [0.2, 0.25) is 0 Å². The monoisotopic (exact) mass is 272 g/mol. The van der Waals surface area contributed by atoms with Crippen molar-refractivity contribution >= 4 is 5.91 Å². The molecule has 0 fully saturated rings. The van der Waals surface area contributed by atoms with E-state index in [0.717, 1.165) is 5.56 Å². The lowest BCUT2D eigenvalue weighted by Crippen LogP contribution is -2.40. The minimum Gasteiger partial charge on any atom is -0.435 e. The van der Waals surface area contributed by atoms with Gasteiger partial charge in [0.05, 0.1) is 6.04 Å². The Hall–Kier alpha value is -1.69. The third-order valence-corrected chi connectivity index (χ3v) is 2.64. The molecule has 0 spiro atoms. The zero-order chi connectivity index (χ0) is 14.3. The number of ether oxygens (including phenoxy) is 1. The van der Waals surface area contributed by atoms with E-state index in [9.17, 15) is 13.6 Å². The average molecular weight is 272 g/mol. The van der Waals surface area contributed by atoms with Crippen LogP contribution >= 0.6 is 0 Å². The Balaban J connectivity index is 2.36. The Labute approximate surface area is 110 Å². The Morgan fingerprint density at radius 2 is 2.00 bits per heavy atom. The molecule has 1 atom stereocenters. The molecule has 6 heteroatoms. The number of halogens is 2. The summed E-state index contributed by atoms with van der Waals surface area (Å²) in [6.45, 7) is -0.520. The molecule has 1 rings (SSSR count). The number of amides is 1. The third kappa shape index (κ3) is 5.65. The van der Waals surface area contributed by atoms with Crippen LogP contribution < -0.4 is 15.8 Å². The standard InChI is InChI=1S/C13H18F2N2O2/c1-2-11(16)12(18)17-8-7-9-3-5-10(6-4-9)19-13(14)15/h3-6,11,13H,2,7-8,16H2,1H3,(H,17,18). The van der Waals surface area contributed by atoms with Gasteiger partial charge in [0.2, 0.25) is 5.91 Å². The van der Waals surface area contributed by atoms with Gasteiger partial charge in [-0.05, 0) is 30.5 Å². The van der Waals surface area contributed by atoms with E-state index < -0.39 is 12.7 Å². The van der Waals surface area contributed by atoms with Gasteiger partial charge in [0.25, 0.3) is 0 Å². The maximum absolute atomic E-state index is 11.9. The van der Waals surface area contributed by atoms with E-state index >= 15 is 0 Å². The molecule has 1 unspecified atom stereocenters. The van der Waals surface area contributed by atoms with Gasteiger partial charge < -0.3 is 15.8 Å². The van der Waals surface area contributed by atoms with Gasteiger partial charge in [-0.2, -0.15) is 8.78 Å². The number of hydrogen-bond donors (Lipinski definition) is 2. The lowest BCUT2D eigenvalue weighted by Gasteiger charge is -2.10. The number of carbonyl (C=O) groups excluding carboxylic acids is 1. The van der Waals surface area contributed by atoms with Gasteiger partial charge >= 0.3 is 6.61 Å². The Morgan fingerprint density at radius 1 is 1.37 bits per heavy atom. The van der Waals surface area contributed by atoms with Crippen LogP contribution in [0.3, 0.4) is 0 Å². The molecule has 4 nitrogen and oxygen atoms in total. The van der Waals surface area contributed by atoms with E-state index in [1.807, 2.05) is 6.92 Å². The van der Waals surface area contributed by atoms with Gasteiger partial charge in [-0.15, -0.1) is 0 Å². The number of hydrogen-bond acceptors (Lipinski definition) is 3. The van der Waals surface area contributed by atoms with E-state index in [-0.39, 0.29) is 11.7 Å². The molecule has 106 valence electrons. The summed E-state index contributed by atoms with van der Waals surface area (Å²) in [5.74, 6) is -0.0593. The summed E-state index contributed by atoms with van der Waals surface area (Å²) in [6.07, 6.45) is 1.20. The first-order valence-electron chi connectivity index (χ1n) is 6.10. The molecule has 1 aromatic carbocycles. The number of carbonyl (C=O) groups is 1. The summed E-state index contributed by atoms with van der Waals surface area (Å²) in [7, 11) is 0. The Morgan fingerprint density at radius 3 is 2.53 bits per heavy atom. The van der Waals surface area contributed by atoms with Crippen molar-refractivity contribution in [1.82, 2.24) is 5.32 Å².